The molecule has 0 aromatic heterocycles. The zero-order valence-electron chi connectivity index (χ0n) is 5.19. The second kappa shape index (κ2) is 2.50. The van der Waals surface area contributed by atoms with E-state index in [1.165, 1.54) is 12.8 Å². The van der Waals surface area contributed by atoms with Crippen LogP contribution in [0.15, 0.2) is 0 Å². The zero-order valence-corrected chi connectivity index (χ0v) is 9.50. The maximum absolute atomic E-state index is 2.64. The maximum atomic E-state index is 2.64. The first-order chi connectivity index (χ1) is 4.29. The fraction of sp³-hybridized carbons (Fsp3) is 1.00. The summed E-state index contributed by atoms with van der Waals surface area (Å²) in [5.74, 6) is 2.19. The van der Waals surface area contributed by atoms with Crippen LogP contribution < -0.4 is 0 Å². The molecule has 0 spiro atoms. The van der Waals surface area contributed by atoms with E-state index in [9.17, 15) is 0 Å². The van der Waals surface area contributed by atoms with E-state index in [0.29, 0.717) is 0 Å². The van der Waals surface area contributed by atoms with E-state index in [4.69, 9.17) is 0 Å². The topological polar surface area (TPSA) is 0 Å². The summed E-state index contributed by atoms with van der Waals surface area (Å²) in [7, 11) is 0. The van der Waals surface area contributed by atoms with Crippen molar-refractivity contribution in [3.63, 3.8) is 0 Å². The Kier molecular flexibility index (Phi) is 1.98. The fourth-order valence-electron chi connectivity index (χ4n) is 2.15. The van der Waals surface area contributed by atoms with Crippen molar-refractivity contribution in [1.82, 2.24) is 0 Å². The molecule has 2 saturated carbocycles. The van der Waals surface area contributed by atoms with E-state index in [0.717, 1.165) is 19.7 Å². The molecule has 0 amide bonds. The summed E-state index contributed by atoms with van der Waals surface area (Å²) < 4.78 is 2.00. The summed E-state index contributed by atoms with van der Waals surface area (Å²) in [6.07, 6.45) is 4.59. The summed E-state index contributed by atoms with van der Waals surface area (Å²) in [6.45, 7) is 0. The molecule has 2 fully saturated rings. The summed E-state index contributed by atoms with van der Waals surface area (Å²) in [5, 5.41) is 0. The second-order valence-corrected chi connectivity index (χ2v) is 6.10. The van der Waals surface area contributed by atoms with E-state index in [-0.39, 0.29) is 0 Å². The molecule has 4 unspecified atom stereocenters. The summed E-state index contributed by atoms with van der Waals surface area (Å²) >= 11 is 5.29. The van der Waals surface area contributed by atoms with Crippen molar-refractivity contribution in [2.75, 3.05) is 0 Å². The van der Waals surface area contributed by atoms with Crippen molar-refractivity contribution in [2.24, 2.45) is 11.8 Å². The molecule has 2 aliphatic carbocycles. The third kappa shape index (κ3) is 1.04. The van der Waals surface area contributed by atoms with Crippen LogP contribution in [0.2, 0.25) is 0 Å². The molecule has 0 aliphatic heterocycles. The van der Waals surface area contributed by atoms with E-state index in [1.807, 2.05) is 0 Å². The van der Waals surface area contributed by atoms with Crippen molar-refractivity contribution < 1.29 is 0 Å². The number of alkyl halides is 2. The third-order valence-corrected chi connectivity index (χ3v) is 7.68. The lowest BCUT2D eigenvalue weighted by atomic mass is 10.0. The van der Waals surface area contributed by atoms with Crippen LogP contribution in [0.4, 0.5) is 0 Å². The first-order valence-electron chi connectivity index (χ1n) is 3.57. The number of rotatable bonds is 0. The van der Waals surface area contributed by atoms with Crippen molar-refractivity contribution in [3.05, 3.63) is 0 Å². The molecule has 0 saturated heterocycles. The molecule has 2 rings (SSSR count). The lowest BCUT2D eigenvalue weighted by Crippen LogP contribution is -2.21. The molecule has 0 aromatic rings. The van der Waals surface area contributed by atoms with Crippen LogP contribution in [0.25, 0.3) is 0 Å². The van der Waals surface area contributed by atoms with Gasteiger partial charge in [-0.2, -0.15) is 0 Å². The molecule has 2 bridgehead atoms. The third-order valence-electron chi connectivity index (χ3n) is 2.72. The minimum atomic E-state index is 1.00. The fourth-order valence-corrected chi connectivity index (χ4v) is 4.63. The van der Waals surface area contributed by atoms with Gasteiger partial charge in [-0.1, -0.05) is 45.2 Å². The van der Waals surface area contributed by atoms with Crippen LogP contribution in [0.5, 0.6) is 0 Å². The van der Waals surface area contributed by atoms with Crippen LogP contribution in [-0.4, -0.2) is 7.85 Å². The first kappa shape index (κ1) is 7.13. The van der Waals surface area contributed by atoms with Gasteiger partial charge in [-0.15, -0.1) is 0 Å². The summed E-state index contributed by atoms with van der Waals surface area (Å²) in [6, 6.07) is 0. The van der Waals surface area contributed by atoms with Crippen LogP contribution in [-0.2, 0) is 0 Å². The van der Waals surface area contributed by atoms with Gasteiger partial charge in [-0.25, -0.2) is 0 Å². The highest BCUT2D eigenvalue weighted by Gasteiger charge is 2.44. The van der Waals surface area contributed by atoms with E-state index in [1.54, 1.807) is 6.42 Å². The van der Waals surface area contributed by atoms with Crippen molar-refractivity contribution in [2.45, 2.75) is 27.1 Å². The van der Waals surface area contributed by atoms with Crippen LogP contribution in [0, 0.1) is 11.8 Å². The number of halogens is 2. The molecule has 0 aromatic carbocycles. The Labute approximate surface area is 83.4 Å². The maximum Gasteiger partial charge on any atom is 0.0258 e. The van der Waals surface area contributed by atoms with E-state index < -0.39 is 0 Å². The Morgan fingerprint density at radius 1 is 0.889 bits per heavy atom. The van der Waals surface area contributed by atoms with Gasteiger partial charge in [0.2, 0.25) is 0 Å². The molecule has 4 atom stereocenters. The molecule has 0 N–H and O–H groups in total. The van der Waals surface area contributed by atoms with Gasteiger partial charge in [0.1, 0.15) is 0 Å². The molecule has 0 nitrogen and oxygen atoms in total. The van der Waals surface area contributed by atoms with Gasteiger partial charge in [-0.05, 0) is 31.1 Å². The Morgan fingerprint density at radius 3 is 1.56 bits per heavy atom. The average molecular weight is 348 g/mol. The Hall–Kier alpha value is 1.46. The standard InChI is InChI=1S/C7H10I2/c8-6-4-1-2-5(3-4)7(6)9/h4-7H,1-3H2. The van der Waals surface area contributed by atoms with Gasteiger partial charge in [0.05, 0.1) is 0 Å². The van der Waals surface area contributed by atoms with Crippen LogP contribution >= 0.6 is 45.2 Å². The summed E-state index contributed by atoms with van der Waals surface area (Å²) in [5.41, 5.74) is 0. The Balaban J connectivity index is 2.15. The molecule has 0 heterocycles. The molecule has 9 heavy (non-hydrogen) atoms. The average Bonchev–Trinajstić information content (AvgIpc) is 2.37. The molecular formula is C7H10I2. The van der Waals surface area contributed by atoms with Gasteiger partial charge in [0, 0.05) is 7.85 Å². The normalized spacial score (nSPS) is 56.7. The SMILES string of the molecule is IC1C2CCC(C2)C1I. The van der Waals surface area contributed by atoms with Gasteiger partial charge in [-0.3, -0.25) is 0 Å². The van der Waals surface area contributed by atoms with E-state index >= 15 is 0 Å². The molecule has 0 radical (unpaired) electrons. The summed E-state index contributed by atoms with van der Waals surface area (Å²) in [4.78, 5) is 0. The highest BCUT2D eigenvalue weighted by molar-refractivity contribution is 14.1. The van der Waals surface area contributed by atoms with Gasteiger partial charge in [0.15, 0.2) is 0 Å². The lowest BCUT2D eigenvalue weighted by Gasteiger charge is -2.20. The van der Waals surface area contributed by atoms with Crippen LogP contribution in [0.3, 0.4) is 0 Å². The number of hydrogen-bond acceptors (Lipinski definition) is 0. The highest BCUT2D eigenvalue weighted by Crippen LogP contribution is 2.51. The minimum Gasteiger partial charge on any atom is -0.0812 e. The predicted molar refractivity (Wildman–Crippen MR) is 56.4 cm³/mol. The highest BCUT2D eigenvalue weighted by atomic mass is 127. The number of hydrogen-bond donors (Lipinski definition) is 0. The molecule has 2 heteroatoms. The van der Waals surface area contributed by atoms with Crippen molar-refractivity contribution in [3.8, 4) is 0 Å². The van der Waals surface area contributed by atoms with Gasteiger partial charge >= 0.3 is 0 Å². The lowest BCUT2D eigenvalue weighted by molar-refractivity contribution is 0.527. The number of fused-ring (bicyclic) bond motifs is 2. The van der Waals surface area contributed by atoms with Crippen molar-refractivity contribution >= 4 is 45.2 Å². The first-order valence-corrected chi connectivity index (χ1v) is 6.06. The van der Waals surface area contributed by atoms with Gasteiger partial charge in [0.25, 0.3) is 0 Å². The monoisotopic (exact) mass is 348 g/mol. The molecule has 52 valence electrons. The smallest absolute Gasteiger partial charge is 0.0258 e. The van der Waals surface area contributed by atoms with Gasteiger partial charge < -0.3 is 0 Å². The molecule has 2 aliphatic rings. The Bertz CT molecular complexity index is 106. The van der Waals surface area contributed by atoms with E-state index in [2.05, 4.69) is 45.2 Å². The predicted octanol–water partition coefficient (Wildman–Crippen LogP) is 3.02. The quantitative estimate of drug-likeness (QED) is 0.467. The minimum absolute atomic E-state index is 1.00. The van der Waals surface area contributed by atoms with Crippen molar-refractivity contribution in [1.29, 1.82) is 0 Å². The molecular weight excluding hydrogens is 338 g/mol. The van der Waals surface area contributed by atoms with Crippen LogP contribution in [0.1, 0.15) is 19.3 Å². The largest absolute Gasteiger partial charge is 0.0812 e. The zero-order chi connectivity index (χ0) is 6.43. The Morgan fingerprint density at radius 2 is 1.33 bits per heavy atom. The second-order valence-electron chi connectivity index (χ2n) is 3.22.